The van der Waals surface area contributed by atoms with Crippen LogP contribution in [0.2, 0.25) is 0 Å². The molecule has 1 heterocycles. The highest BCUT2D eigenvalue weighted by Gasteiger charge is 2.07. The van der Waals surface area contributed by atoms with Gasteiger partial charge in [0.05, 0.1) is 18.8 Å². The van der Waals surface area contributed by atoms with E-state index >= 15 is 0 Å². The molecule has 0 atom stereocenters. The van der Waals surface area contributed by atoms with Crippen molar-refractivity contribution in [1.82, 2.24) is 9.78 Å². The van der Waals surface area contributed by atoms with Crippen LogP contribution < -0.4 is 10.3 Å². The highest BCUT2D eigenvalue weighted by atomic mass is 16.5. The van der Waals surface area contributed by atoms with E-state index in [9.17, 15) is 4.79 Å². The first-order valence-electron chi connectivity index (χ1n) is 8.44. The van der Waals surface area contributed by atoms with Crippen LogP contribution in [-0.2, 0) is 6.54 Å². The van der Waals surface area contributed by atoms with Gasteiger partial charge in [-0.3, -0.25) is 4.79 Å². The molecule has 4 nitrogen and oxygen atoms in total. The molecule has 4 heteroatoms. The molecule has 0 aliphatic carbocycles. The van der Waals surface area contributed by atoms with E-state index in [0.29, 0.717) is 13.2 Å². The van der Waals surface area contributed by atoms with Crippen LogP contribution in [0.1, 0.15) is 23.6 Å². The van der Waals surface area contributed by atoms with E-state index in [0.717, 1.165) is 28.1 Å². The van der Waals surface area contributed by atoms with Gasteiger partial charge in [0.2, 0.25) is 0 Å². The van der Waals surface area contributed by atoms with Crippen molar-refractivity contribution in [1.29, 1.82) is 0 Å². The van der Waals surface area contributed by atoms with Gasteiger partial charge >= 0.3 is 0 Å². The second-order valence-corrected chi connectivity index (χ2v) is 6.10. The van der Waals surface area contributed by atoms with Crippen LogP contribution in [0.15, 0.2) is 59.4 Å². The van der Waals surface area contributed by atoms with Crippen molar-refractivity contribution >= 4 is 0 Å². The van der Waals surface area contributed by atoms with Crippen LogP contribution in [-0.4, -0.2) is 16.4 Å². The summed E-state index contributed by atoms with van der Waals surface area (Å²) in [7, 11) is 0. The second-order valence-electron chi connectivity index (χ2n) is 6.10. The molecule has 0 N–H and O–H groups in total. The molecule has 0 fully saturated rings. The van der Waals surface area contributed by atoms with E-state index in [4.69, 9.17) is 4.74 Å². The number of ether oxygens (including phenoxy) is 1. The summed E-state index contributed by atoms with van der Waals surface area (Å²) in [5.74, 6) is 0.829. The standard InChI is InChI=1S/C21H22N2O2/c1-4-25-19-9-7-17(8-10-19)20-11-12-21(24)23(22-20)14-18-13-15(2)5-6-16(18)3/h5-13H,4,14H2,1-3H3. The minimum Gasteiger partial charge on any atom is -0.494 e. The van der Waals surface area contributed by atoms with Crippen molar-refractivity contribution in [2.24, 2.45) is 0 Å². The van der Waals surface area contributed by atoms with Gasteiger partial charge in [0.15, 0.2) is 0 Å². The van der Waals surface area contributed by atoms with E-state index in [2.05, 4.69) is 37.1 Å². The molecule has 0 amide bonds. The molecule has 0 saturated heterocycles. The average molecular weight is 334 g/mol. The number of hydrogen-bond donors (Lipinski definition) is 0. The van der Waals surface area contributed by atoms with Gasteiger partial charge in [0.25, 0.3) is 5.56 Å². The summed E-state index contributed by atoms with van der Waals surface area (Å²) in [5.41, 5.74) is 5.07. The maximum atomic E-state index is 12.2. The second kappa shape index (κ2) is 7.34. The van der Waals surface area contributed by atoms with Crippen molar-refractivity contribution in [3.05, 3.63) is 81.6 Å². The maximum absolute atomic E-state index is 12.2. The number of benzene rings is 2. The molecular formula is C21H22N2O2. The van der Waals surface area contributed by atoms with Gasteiger partial charge in [-0.2, -0.15) is 5.10 Å². The lowest BCUT2D eigenvalue weighted by atomic mass is 10.1. The van der Waals surface area contributed by atoms with Gasteiger partial charge in [0, 0.05) is 11.6 Å². The fourth-order valence-corrected chi connectivity index (χ4v) is 2.74. The summed E-state index contributed by atoms with van der Waals surface area (Å²) in [5, 5.41) is 4.55. The Morgan fingerprint density at radius 3 is 2.48 bits per heavy atom. The zero-order valence-electron chi connectivity index (χ0n) is 14.8. The minimum absolute atomic E-state index is 0.101. The lowest BCUT2D eigenvalue weighted by Crippen LogP contribution is -2.23. The Morgan fingerprint density at radius 2 is 1.76 bits per heavy atom. The molecule has 0 bridgehead atoms. The third kappa shape index (κ3) is 3.97. The molecule has 2 aromatic carbocycles. The Balaban J connectivity index is 1.92. The Bertz CT molecular complexity index is 927. The number of aryl methyl sites for hydroxylation is 2. The van der Waals surface area contributed by atoms with Crippen molar-refractivity contribution in [3.63, 3.8) is 0 Å². The van der Waals surface area contributed by atoms with Crippen LogP contribution in [0, 0.1) is 13.8 Å². The average Bonchev–Trinajstić information content (AvgIpc) is 2.61. The predicted octanol–water partition coefficient (Wildman–Crippen LogP) is 3.97. The molecule has 0 unspecified atom stereocenters. The third-order valence-corrected chi connectivity index (χ3v) is 4.15. The van der Waals surface area contributed by atoms with Gasteiger partial charge in [0.1, 0.15) is 5.75 Å². The molecule has 3 aromatic rings. The molecule has 0 spiro atoms. The van der Waals surface area contributed by atoms with E-state index in [1.807, 2.05) is 31.2 Å². The smallest absolute Gasteiger partial charge is 0.267 e. The van der Waals surface area contributed by atoms with Crippen LogP contribution in [0.3, 0.4) is 0 Å². The van der Waals surface area contributed by atoms with Crippen LogP contribution in [0.4, 0.5) is 0 Å². The Kier molecular flexibility index (Phi) is 4.98. The SMILES string of the molecule is CCOc1ccc(-c2ccc(=O)n(Cc3cc(C)ccc3C)n2)cc1. The van der Waals surface area contributed by atoms with Gasteiger partial charge < -0.3 is 4.74 Å². The third-order valence-electron chi connectivity index (χ3n) is 4.15. The molecular weight excluding hydrogens is 312 g/mol. The molecule has 0 aliphatic heterocycles. The molecule has 1 aromatic heterocycles. The zero-order valence-corrected chi connectivity index (χ0v) is 14.8. The first-order valence-corrected chi connectivity index (χ1v) is 8.44. The van der Waals surface area contributed by atoms with Crippen LogP contribution in [0.25, 0.3) is 11.3 Å². The molecule has 3 rings (SSSR count). The van der Waals surface area contributed by atoms with E-state index < -0.39 is 0 Å². The Morgan fingerprint density at radius 1 is 1.00 bits per heavy atom. The lowest BCUT2D eigenvalue weighted by molar-refractivity contribution is 0.340. The van der Waals surface area contributed by atoms with Crippen LogP contribution in [0.5, 0.6) is 5.75 Å². The summed E-state index contributed by atoms with van der Waals surface area (Å²) in [6.07, 6.45) is 0. The van der Waals surface area contributed by atoms with Gasteiger partial charge in [-0.1, -0.05) is 23.8 Å². The van der Waals surface area contributed by atoms with Gasteiger partial charge in [-0.05, 0) is 62.2 Å². The van der Waals surface area contributed by atoms with Crippen molar-refractivity contribution in [2.45, 2.75) is 27.3 Å². The van der Waals surface area contributed by atoms with Gasteiger partial charge in [-0.15, -0.1) is 0 Å². The summed E-state index contributed by atoms with van der Waals surface area (Å²) in [6, 6.07) is 17.3. The fourth-order valence-electron chi connectivity index (χ4n) is 2.74. The number of rotatable bonds is 5. The van der Waals surface area contributed by atoms with E-state index in [-0.39, 0.29) is 5.56 Å². The largest absolute Gasteiger partial charge is 0.494 e. The monoisotopic (exact) mass is 334 g/mol. The van der Waals surface area contributed by atoms with E-state index in [1.54, 1.807) is 12.1 Å². The predicted molar refractivity (Wildman–Crippen MR) is 100 cm³/mol. The minimum atomic E-state index is -0.101. The first-order chi connectivity index (χ1) is 12.1. The zero-order chi connectivity index (χ0) is 17.8. The lowest BCUT2D eigenvalue weighted by Gasteiger charge is -2.11. The number of nitrogens with zero attached hydrogens (tertiary/aromatic N) is 2. The summed E-state index contributed by atoms with van der Waals surface area (Å²) in [6.45, 7) is 7.17. The molecule has 0 aliphatic rings. The summed E-state index contributed by atoms with van der Waals surface area (Å²) < 4.78 is 6.99. The maximum Gasteiger partial charge on any atom is 0.267 e. The molecule has 128 valence electrons. The topological polar surface area (TPSA) is 44.1 Å². The normalized spacial score (nSPS) is 10.7. The van der Waals surface area contributed by atoms with Crippen molar-refractivity contribution in [2.75, 3.05) is 6.61 Å². The quantitative estimate of drug-likeness (QED) is 0.709. The Labute approximate surface area is 147 Å². The highest BCUT2D eigenvalue weighted by Crippen LogP contribution is 2.20. The molecule has 0 saturated carbocycles. The Hall–Kier alpha value is -2.88. The number of hydrogen-bond acceptors (Lipinski definition) is 3. The molecule has 0 radical (unpaired) electrons. The first kappa shape index (κ1) is 17.0. The number of aromatic nitrogens is 2. The fraction of sp³-hybridized carbons (Fsp3) is 0.238. The van der Waals surface area contributed by atoms with Crippen molar-refractivity contribution < 1.29 is 4.74 Å². The van der Waals surface area contributed by atoms with Crippen molar-refractivity contribution in [3.8, 4) is 17.0 Å². The highest BCUT2D eigenvalue weighted by molar-refractivity contribution is 5.59. The molecule has 25 heavy (non-hydrogen) atoms. The summed E-state index contributed by atoms with van der Waals surface area (Å²) in [4.78, 5) is 12.2. The van der Waals surface area contributed by atoms with Gasteiger partial charge in [-0.25, -0.2) is 4.68 Å². The van der Waals surface area contributed by atoms with E-state index in [1.165, 1.54) is 10.2 Å². The summed E-state index contributed by atoms with van der Waals surface area (Å²) >= 11 is 0. The van der Waals surface area contributed by atoms with Crippen LogP contribution >= 0.6 is 0 Å².